The van der Waals surface area contributed by atoms with Gasteiger partial charge in [0.25, 0.3) is 0 Å². The molecule has 0 bridgehead atoms. The van der Waals surface area contributed by atoms with E-state index >= 15 is 0 Å². The Balaban J connectivity index is 2.74. The third-order valence-electron chi connectivity index (χ3n) is 11.2. The molecule has 0 radical (unpaired) electrons. The molecule has 2 rings (SSSR count). The van der Waals surface area contributed by atoms with Gasteiger partial charge in [-0.3, -0.25) is 0 Å². The van der Waals surface area contributed by atoms with Gasteiger partial charge in [0.15, 0.2) is 0 Å². The first-order valence-corrected chi connectivity index (χ1v) is 39.1. The van der Waals surface area contributed by atoms with E-state index in [2.05, 4.69) is 102 Å². The summed E-state index contributed by atoms with van der Waals surface area (Å²) in [5.41, 5.74) is 0. The van der Waals surface area contributed by atoms with Gasteiger partial charge < -0.3 is 0 Å². The molecular formula is C40H76S2SiSn2. The van der Waals surface area contributed by atoms with Crippen molar-refractivity contribution in [3.05, 3.63) is 24.3 Å². The number of thiophene rings is 2. The molecule has 0 fully saturated rings. The minimum atomic E-state index is -2.43. The summed E-state index contributed by atoms with van der Waals surface area (Å²) in [6.45, 7) is 19.5. The number of rotatable bonds is 28. The Morgan fingerprint density at radius 2 is 0.667 bits per heavy atom. The van der Waals surface area contributed by atoms with E-state index in [1.165, 1.54) is 115 Å². The molecule has 2 aromatic rings. The van der Waals surface area contributed by atoms with Crippen LogP contribution in [0.3, 0.4) is 0 Å². The van der Waals surface area contributed by atoms with E-state index in [1.807, 2.05) is 14.8 Å². The fourth-order valence-electron chi connectivity index (χ4n) is 8.04. The molecule has 0 unspecified atom stereocenters. The Kier molecular flexibility index (Phi) is 22.2. The van der Waals surface area contributed by atoms with Crippen LogP contribution >= 0.6 is 22.7 Å². The monoisotopic (exact) mass is 888 g/mol. The molecule has 5 heteroatoms. The summed E-state index contributed by atoms with van der Waals surface area (Å²) in [7, 11) is -1.79. The van der Waals surface area contributed by atoms with E-state index in [0.717, 1.165) is 0 Å². The Hall–Kier alpha value is 1.21. The zero-order valence-electron chi connectivity index (χ0n) is 31.6. The zero-order chi connectivity index (χ0) is 33.0. The van der Waals surface area contributed by atoms with Crippen LogP contribution in [0.2, 0.25) is 38.7 Å². The topological polar surface area (TPSA) is 0 Å². The number of hydrogen-bond acceptors (Lipinski definition) is 2. The van der Waals surface area contributed by atoms with Gasteiger partial charge in [0, 0.05) is 0 Å². The molecule has 0 nitrogen and oxygen atoms in total. The summed E-state index contributed by atoms with van der Waals surface area (Å²) >= 11 is -0.00623. The zero-order valence-corrected chi connectivity index (χ0v) is 39.9. The first-order valence-electron chi connectivity index (χ1n) is 20.1. The molecule has 0 N–H and O–H groups in total. The Labute approximate surface area is 300 Å². The van der Waals surface area contributed by atoms with Crippen LogP contribution in [0, 0.1) is 0 Å². The first kappa shape index (κ1) is 42.4. The van der Waals surface area contributed by atoms with Gasteiger partial charge in [0.05, 0.1) is 0 Å². The summed E-state index contributed by atoms with van der Waals surface area (Å²) < 4.78 is 17.4. The quantitative estimate of drug-likeness (QED) is 0.0747. The maximum absolute atomic E-state index is 2.78. The van der Waals surface area contributed by atoms with Gasteiger partial charge in [-0.05, 0) is 0 Å². The predicted octanol–water partition coefficient (Wildman–Crippen LogP) is 13.1. The molecule has 0 saturated carbocycles. The van der Waals surface area contributed by atoms with Crippen molar-refractivity contribution >= 4 is 82.3 Å². The van der Waals surface area contributed by atoms with Crippen LogP contribution in [0.1, 0.15) is 158 Å². The van der Waals surface area contributed by atoms with Crippen LogP contribution in [0.15, 0.2) is 24.3 Å². The van der Waals surface area contributed by atoms with Crippen molar-refractivity contribution in [1.29, 1.82) is 0 Å². The van der Waals surface area contributed by atoms with Crippen LogP contribution in [-0.2, 0) is 0 Å². The van der Waals surface area contributed by atoms with Crippen LogP contribution < -0.4 is 14.8 Å². The van der Waals surface area contributed by atoms with Crippen molar-refractivity contribution in [2.75, 3.05) is 0 Å². The normalized spacial score (nSPS) is 12.8. The van der Waals surface area contributed by atoms with Crippen molar-refractivity contribution in [2.45, 2.75) is 197 Å². The van der Waals surface area contributed by atoms with Crippen molar-refractivity contribution in [2.24, 2.45) is 0 Å². The van der Waals surface area contributed by atoms with Gasteiger partial charge in [-0.1, -0.05) is 0 Å². The third-order valence-corrected chi connectivity index (χ3v) is 57.1. The van der Waals surface area contributed by atoms with Crippen molar-refractivity contribution in [3.8, 4) is 0 Å². The molecule has 260 valence electrons. The average molecular weight is 887 g/mol. The van der Waals surface area contributed by atoms with Gasteiger partial charge >= 0.3 is 303 Å². The maximum atomic E-state index is 2.78. The van der Waals surface area contributed by atoms with Crippen LogP contribution in [0.25, 0.3) is 0 Å². The third kappa shape index (κ3) is 12.2. The SMILES string of the molecule is CCCC[Si](CCCC)(c1cc[c]([Sn]([CH2]CCC)([CH2]CCC)[CH2]CCC)s1)c1cc[c]([Sn]([CH2]CCC)([CH2]CCC)[CH2]CCC)s1. The van der Waals surface area contributed by atoms with E-state index < -0.39 is 44.8 Å². The second-order valence-electron chi connectivity index (χ2n) is 14.8. The van der Waals surface area contributed by atoms with E-state index in [1.54, 1.807) is 26.6 Å². The van der Waals surface area contributed by atoms with E-state index in [0.29, 0.717) is 0 Å². The summed E-state index contributed by atoms with van der Waals surface area (Å²) in [6, 6.07) is 14.1. The van der Waals surface area contributed by atoms with Gasteiger partial charge in [-0.2, -0.15) is 0 Å². The molecule has 2 aromatic heterocycles. The van der Waals surface area contributed by atoms with Crippen molar-refractivity contribution < 1.29 is 0 Å². The number of unbranched alkanes of at least 4 members (excludes halogenated alkanes) is 8. The molecule has 0 aliphatic carbocycles. The molecule has 0 aromatic carbocycles. The summed E-state index contributed by atoms with van der Waals surface area (Å²) in [6.07, 6.45) is 22.6. The molecule has 0 aliphatic rings. The molecule has 0 amide bonds. The fraction of sp³-hybridized carbons (Fsp3) is 0.800. The molecule has 2 heterocycles. The van der Waals surface area contributed by atoms with E-state index in [9.17, 15) is 0 Å². The summed E-state index contributed by atoms with van der Waals surface area (Å²) in [5.74, 6) is 0. The van der Waals surface area contributed by atoms with E-state index in [4.69, 9.17) is 0 Å². The molecular weight excluding hydrogens is 810 g/mol. The van der Waals surface area contributed by atoms with Crippen LogP contribution in [-0.4, -0.2) is 44.8 Å². The first-order chi connectivity index (χ1) is 21.9. The molecule has 45 heavy (non-hydrogen) atoms. The Morgan fingerprint density at radius 1 is 0.400 bits per heavy atom. The Morgan fingerprint density at radius 3 is 0.911 bits per heavy atom. The van der Waals surface area contributed by atoms with Gasteiger partial charge in [-0.15, -0.1) is 0 Å². The van der Waals surface area contributed by atoms with Crippen molar-refractivity contribution in [3.63, 3.8) is 0 Å². The van der Waals surface area contributed by atoms with Gasteiger partial charge in [0.2, 0.25) is 0 Å². The standard InChI is InChI=1S/C16H22S2Si.6C4H9.2Sn/c1-3-5-13-19(14-6-4-2,15-9-7-11-17-15)16-10-8-12-18-16;6*1-3-4-2;;/h7-10H,3-6,13-14H2,1-2H3;6*1,3-4H2,2H3;;. The van der Waals surface area contributed by atoms with Crippen molar-refractivity contribution in [1.82, 2.24) is 0 Å². The molecule has 0 aliphatic heterocycles. The predicted molar refractivity (Wildman–Crippen MR) is 222 cm³/mol. The average Bonchev–Trinajstić information content (AvgIpc) is 3.77. The fourth-order valence-corrected chi connectivity index (χ4v) is 58.1. The van der Waals surface area contributed by atoms with Crippen LogP contribution in [0.4, 0.5) is 0 Å². The van der Waals surface area contributed by atoms with Crippen LogP contribution in [0.5, 0.6) is 0 Å². The number of hydrogen-bond donors (Lipinski definition) is 0. The second-order valence-corrected chi connectivity index (χ2v) is 50.3. The molecule has 0 spiro atoms. The second kappa shape index (κ2) is 23.6. The van der Waals surface area contributed by atoms with Gasteiger partial charge in [-0.25, -0.2) is 0 Å². The summed E-state index contributed by atoms with van der Waals surface area (Å²) in [4.78, 5) is 0. The molecule has 0 atom stereocenters. The summed E-state index contributed by atoms with van der Waals surface area (Å²) in [5, 5.41) is 0. The molecule has 0 saturated heterocycles. The van der Waals surface area contributed by atoms with Gasteiger partial charge in [0.1, 0.15) is 0 Å². The van der Waals surface area contributed by atoms with E-state index in [-0.39, 0.29) is 0 Å². The Bertz CT molecular complexity index is 888. The minimum absolute atomic E-state index is 1.34.